The zero-order valence-corrected chi connectivity index (χ0v) is 10.7. The molecule has 0 spiro atoms. The van der Waals surface area contributed by atoms with Crippen molar-refractivity contribution in [2.75, 3.05) is 13.1 Å². The van der Waals surface area contributed by atoms with E-state index < -0.39 is 11.5 Å². The van der Waals surface area contributed by atoms with Crippen LogP contribution >= 0.6 is 0 Å². The van der Waals surface area contributed by atoms with E-state index in [2.05, 4.69) is 5.32 Å². The first-order valence-electron chi connectivity index (χ1n) is 6.32. The molecule has 2 N–H and O–H groups in total. The van der Waals surface area contributed by atoms with Gasteiger partial charge in [0, 0.05) is 13.1 Å². The van der Waals surface area contributed by atoms with Crippen LogP contribution in [0.25, 0.3) is 0 Å². The van der Waals surface area contributed by atoms with Crippen LogP contribution in [-0.2, 0) is 4.79 Å². The van der Waals surface area contributed by atoms with Gasteiger partial charge in [0.2, 0.25) is 0 Å². The lowest BCUT2D eigenvalue weighted by atomic mass is 9.93. The van der Waals surface area contributed by atoms with Crippen LogP contribution in [-0.4, -0.2) is 40.6 Å². The lowest BCUT2D eigenvalue weighted by molar-refractivity contribution is -0.138. The Labute approximate surface area is 102 Å². The van der Waals surface area contributed by atoms with Crippen molar-refractivity contribution in [2.24, 2.45) is 0 Å². The molecule has 5 nitrogen and oxygen atoms in total. The average molecular weight is 242 g/mol. The van der Waals surface area contributed by atoms with Gasteiger partial charge in [-0.3, -0.25) is 4.79 Å². The SMILES string of the molecule is CCN(CC)C(=O)NC1(CC(=O)O)CCCC1. The molecule has 0 aromatic heterocycles. The molecule has 0 bridgehead atoms. The van der Waals surface area contributed by atoms with Crippen molar-refractivity contribution in [1.82, 2.24) is 10.2 Å². The van der Waals surface area contributed by atoms with Gasteiger partial charge in [0.25, 0.3) is 0 Å². The second-order valence-corrected chi connectivity index (χ2v) is 4.66. The maximum absolute atomic E-state index is 12.0. The second kappa shape index (κ2) is 5.89. The number of carbonyl (C=O) groups is 2. The molecule has 0 aliphatic heterocycles. The number of rotatable bonds is 5. The molecular formula is C12H22N2O3. The van der Waals surface area contributed by atoms with E-state index in [1.54, 1.807) is 4.90 Å². The second-order valence-electron chi connectivity index (χ2n) is 4.66. The molecular weight excluding hydrogens is 220 g/mol. The van der Waals surface area contributed by atoms with E-state index >= 15 is 0 Å². The van der Waals surface area contributed by atoms with E-state index in [9.17, 15) is 9.59 Å². The van der Waals surface area contributed by atoms with E-state index in [0.717, 1.165) is 25.7 Å². The van der Waals surface area contributed by atoms with Crippen LogP contribution in [0.3, 0.4) is 0 Å². The molecule has 2 amide bonds. The summed E-state index contributed by atoms with van der Waals surface area (Å²) in [6.07, 6.45) is 3.55. The van der Waals surface area contributed by atoms with Gasteiger partial charge in [-0.05, 0) is 26.7 Å². The predicted octanol–water partition coefficient (Wildman–Crippen LogP) is 1.83. The molecule has 98 valence electrons. The van der Waals surface area contributed by atoms with Crippen molar-refractivity contribution in [2.45, 2.75) is 51.5 Å². The first kappa shape index (κ1) is 13.8. The number of carboxylic acid groups (broad SMARTS) is 1. The minimum atomic E-state index is -0.841. The summed E-state index contributed by atoms with van der Waals surface area (Å²) in [4.78, 5) is 24.5. The summed E-state index contributed by atoms with van der Waals surface area (Å²) in [5.74, 6) is -0.841. The number of hydrogen-bond donors (Lipinski definition) is 2. The van der Waals surface area contributed by atoms with Crippen molar-refractivity contribution in [3.8, 4) is 0 Å². The Morgan fingerprint density at radius 3 is 2.18 bits per heavy atom. The van der Waals surface area contributed by atoms with Gasteiger partial charge in [-0.1, -0.05) is 12.8 Å². The maximum Gasteiger partial charge on any atom is 0.317 e. The predicted molar refractivity (Wildman–Crippen MR) is 64.9 cm³/mol. The van der Waals surface area contributed by atoms with Gasteiger partial charge in [0.1, 0.15) is 0 Å². The van der Waals surface area contributed by atoms with Gasteiger partial charge < -0.3 is 15.3 Å². The largest absolute Gasteiger partial charge is 0.481 e. The van der Waals surface area contributed by atoms with Gasteiger partial charge in [-0.2, -0.15) is 0 Å². The molecule has 0 saturated heterocycles. The van der Waals surface area contributed by atoms with Gasteiger partial charge in [0.05, 0.1) is 12.0 Å². The Bertz CT molecular complexity index is 281. The van der Waals surface area contributed by atoms with Crippen molar-refractivity contribution >= 4 is 12.0 Å². The first-order valence-corrected chi connectivity index (χ1v) is 6.32. The Morgan fingerprint density at radius 1 is 1.24 bits per heavy atom. The fraction of sp³-hybridized carbons (Fsp3) is 0.833. The summed E-state index contributed by atoms with van der Waals surface area (Å²) in [5.41, 5.74) is -0.522. The zero-order valence-electron chi connectivity index (χ0n) is 10.7. The summed E-state index contributed by atoms with van der Waals surface area (Å²) in [5, 5.41) is 11.9. The molecule has 1 rings (SSSR count). The van der Waals surface area contributed by atoms with E-state index in [1.807, 2.05) is 13.8 Å². The summed E-state index contributed by atoms with van der Waals surface area (Å²) in [7, 11) is 0. The maximum atomic E-state index is 12.0. The standard InChI is InChI=1S/C12H22N2O3/c1-3-14(4-2)11(17)13-12(9-10(15)16)7-5-6-8-12/h3-9H2,1-2H3,(H,13,17)(H,15,16). The minimum Gasteiger partial charge on any atom is -0.481 e. The van der Waals surface area contributed by atoms with Crippen LogP contribution in [0.2, 0.25) is 0 Å². The van der Waals surface area contributed by atoms with Crippen LogP contribution in [0.1, 0.15) is 46.0 Å². The summed E-state index contributed by atoms with van der Waals surface area (Å²) in [6.45, 7) is 5.13. The number of aliphatic carboxylic acids is 1. The van der Waals surface area contributed by atoms with Gasteiger partial charge >= 0.3 is 12.0 Å². The normalized spacial score (nSPS) is 17.8. The zero-order chi connectivity index (χ0) is 12.9. The molecule has 0 aromatic carbocycles. The Hall–Kier alpha value is -1.26. The molecule has 1 fully saturated rings. The molecule has 17 heavy (non-hydrogen) atoms. The number of carboxylic acids is 1. The third-order valence-electron chi connectivity index (χ3n) is 3.47. The van der Waals surface area contributed by atoms with E-state index in [0.29, 0.717) is 13.1 Å². The van der Waals surface area contributed by atoms with Crippen LogP contribution in [0.4, 0.5) is 4.79 Å². The highest BCUT2D eigenvalue weighted by atomic mass is 16.4. The lowest BCUT2D eigenvalue weighted by Gasteiger charge is -2.31. The van der Waals surface area contributed by atoms with Gasteiger partial charge in [-0.15, -0.1) is 0 Å². The van der Waals surface area contributed by atoms with Crippen molar-refractivity contribution in [3.63, 3.8) is 0 Å². The van der Waals surface area contributed by atoms with Crippen LogP contribution < -0.4 is 5.32 Å². The number of nitrogens with zero attached hydrogens (tertiary/aromatic N) is 1. The number of amides is 2. The number of urea groups is 1. The van der Waals surface area contributed by atoms with E-state index in [1.165, 1.54) is 0 Å². The molecule has 0 heterocycles. The summed E-state index contributed by atoms with van der Waals surface area (Å²) >= 11 is 0. The molecule has 0 unspecified atom stereocenters. The van der Waals surface area contributed by atoms with Crippen LogP contribution in [0.15, 0.2) is 0 Å². The summed E-state index contributed by atoms with van der Waals surface area (Å²) in [6, 6.07) is -0.141. The topological polar surface area (TPSA) is 69.6 Å². The number of hydrogen-bond acceptors (Lipinski definition) is 2. The molecule has 0 aromatic rings. The minimum absolute atomic E-state index is 0.0278. The van der Waals surface area contributed by atoms with E-state index in [-0.39, 0.29) is 12.5 Å². The third kappa shape index (κ3) is 3.61. The molecule has 5 heteroatoms. The molecule has 0 radical (unpaired) electrons. The highest BCUT2D eigenvalue weighted by Gasteiger charge is 2.38. The highest BCUT2D eigenvalue weighted by molar-refractivity contribution is 5.77. The lowest BCUT2D eigenvalue weighted by Crippen LogP contribution is -2.52. The quantitative estimate of drug-likeness (QED) is 0.772. The van der Waals surface area contributed by atoms with Gasteiger partial charge in [0.15, 0.2) is 0 Å². The Morgan fingerprint density at radius 2 is 1.76 bits per heavy atom. The molecule has 0 atom stereocenters. The summed E-state index contributed by atoms with van der Waals surface area (Å²) < 4.78 is 0. The third-order valence-corrected chi connectivity index (χ3v) is 3.47. The Balaban J connectivity index is 2.66. The number of carbonyl (C=O) groups excluding carboxylic acids is 1. The fourth-order valence-corrected chi connectivity index (χ4v) is 2.50. The van der Waals surface area contributed by atoms with E-state index in [4.69, 9.17) is 5.11 Å². The Kier molecular flexibility index (Phi) is 4.78. The molecule has 1 aliphatic carbocycles. The first-order chi connectivity index (χ1) is 8.03. The van der Waals surface area contributed by atoms with Gasteiger partial charge in [-0.25, -0.2) is 4.79 Å². The fourth-order valence-electron chi connectivity index (χ4n) is 2.50. The van der Waals surface area contributed by atoms with Crippen molar-refractivity contribution in [1.29, 1.82) is 0 Å². The van der Waals surface area contributed by atoms with Crippen molar-refractivity contribution < 1.29 is 14.7 Å². The smallest absolute Gasteiger partial charge is 0.317 e. The van der Waals surface area contributed by atoms with Crippen LogP contribution in [0.5, 0.6) is 0 Å². The monoisotopic (exact) mass is 242 g/mol. The van der Waals surface area contributed by atoms with Crippen LogP contribution in [0, 0.1) is 0 Å². The molecule has 1 saturated carbocycles. The highest BCUT2D eigenvalue weighted by Crippen LogP contribution is 2.32. The number of nitrogens with one attached hydrogen (secondary N) is 1. The van der Waals surface area contributed by atoms with Crippen molar-refractivity contribution in [3.05, 3.63) is 0 Å². The average Bonchev–Trinajstić information content (AvgIpc) is 2.66. The molecule has 1 aliphatic rings.